The number of aromatic nitrogens is 3. The van der Waals surface area contributed by atoms with Gasteiger partial charge in [0.2, 0.25) is 0 Å². The smallest absolute Gasteiger partial charge is 0.278 e. The summed E-state index contributed by atoms with van der Waals surface area (Å²) in [6.07, 6.45) is 3.46. The van der Waals surface area contributed by atoms with Gasteiger partial charge in [-0.1, -0.05) is 26.0 Å². The molecule has 0 radical (unpaired) electrons. The first kappa shape index (κ1) is 17.0. The molecule has 4 rings (SSSR count). The van der Waals surface area contributed by atoms with Crippen molar-refractivity contribution in [3.63, 3.8) is 0 Å². The number of nitrogens with zero attached hydrogens (tertiary/aromatic N) is 3. The average molecular weight is 361 g/mol. The van der Waals surface area contributed by atoms with Gasteiger partial charge in [0.25, 0.3) is 11.5 Å². The lowest BCUT2D eigenvalue weighted by atomic mass is 9.97. The Morgan fingerprint density at radius 2 is 2.04 bits per heavy atom. The van der Waals surface area contributed by atoms with E-state index in [1.807, 2.05) is 32.0 Å². The van der Waals surface area contributed by atoms with Gasteiger partial charge >= 0.3 is 0 Å². The van der Waals surface area contributed by atoms with Crippen LogP contribution in [0.3, 0.4) is 0 Å². The first-order valence-electron chi connectivity index (χ1n) is 8.95. The summed E-state index contributed by atoms with van der Waals surface area (Å²) in [6.45, 7) is 3.87. The van der Waals surface area contributed by atoms with Crippen molar-refractivity contribution >= 4 is 11.6 Å². The monoisotopic (exact) mass is 361 g/mol. The molecule has 1 aromatic carbocycles. The van der Waals surface area contributed by atoms with Gasteiger partial charge < -0.3 is 10.3 Å². The van der Waals surface area contributed by atoms with E-state index in [1.54, 1.807) is 12.1 Å². The zero-order valence-electron chi connectivity index (χ0n) is 15.1. The minimum atomic E-state index is -0.245. The van der Waals surface area contributed by atoms with E-state index >= 15 is 0 Å². The predicted molar refractivity (Wildman–Crippen MR) is 101 cm³/mol. The molecule has 136 valence electrons. The van der Waals surface area contributed by atoms with Gasteiger partial charge in [0.05, 0.1) is 11.9 Å². The zero-order chi connectivity index (χ0) is 19.1. The number of H-pyrrole nitrogens is 1. The quantitative estimate of drug-likeness (QED) is 0.745. The molecule has 1 fully saturated rings. The van der Waals surface area contributed by atoms with Gasteiger partial charge in [0.1, 0.15) is 11.6 Å². The van der Waals surface area contributed by atoms with Gasteiger partial charge in [-0.05, 0) is 36.5 Å². The summed E-state index contributed by atoms with van der Waals surface area (Å²) in [6, 6.07) is 9.48. The Bertz CT molecular complexity index is 1130. The van der Waals surface area contributed by atoms with Crippen LogP contribution in [0.25, 0.3) is 16.9 Å². The second-order valence-corrected chi connectivity index (χ2v) is 7.13. The van der Waals surface area contributed by atoms with Crippen molar-refractivity contribution in [3.8, 4) is 17.3 Å². The maximum Gasteiger partial charge on any atom is 0.278 e. The van der Waals surface area contributed by atoms with Gasteiger partial charge in [0.15, 0.2) is 5.65 Å². The molecule has 2 heterocycles. The fraction of sp³-hybridized carbons (Fsp3) is 0.300. The molecular weight excluding hydrogens is 342 g/mol. The van der Waals surface area contributed by atoms with E-state index in [-0.39, 0.29) is 17.4 Å². The van der Waals surface area contributed by atoms with E-state index in [1.165, 1.54) is 10.7 Å². The fourth-order valence-corrected chi connectivity index (χ4v) is 3.16. The summed E-state index contributed by atoms with van der Waals surface area (Å²) >= 11 is 0. The molecule has 7 heteroatoms. The van der Waals surface area contributed by atoms with E-state index in [0.29, 0.717) is 34.1 Å². The van der Waals surface area contributed by atoms with E-state index in [2.05, 4.69) is 15.4 Å². The molecular formula is C20H19N5O2. The number of nitriles is 1. The summed E-state index contributed by atoms with van der Waals surface area (Å²) in [7, 11) is 0. The molecule has 1 saturated carbocycles. The van der Waals surface area contributed by atoms with E-state index in [9.17, 15) is 14.9 Å². The highest BCUT2D eigenvalue weighted by Gasteiger charge is 2.24. The lowest BCUT2D eigenvalue weighted by Crippen LogP contribution is -2.25. The summed E-state index contributed by atoms with van der Waals surface area (Å²) < 4.78 is 1.23. The Kier molecular flexibility index (Phi) is 4.04. The molecule has 27 heavy (non-hydrogen) atoms. The second-order valence-electron chi connectivity index (χ2n) is 7.13. The number of carbonyl (C=O) groups excluding carboxylic acids is 1. The molecule has 2 aromatic heterocycles. The van der Waals surface area contributed by atoms with Gasteiger partial charge in [0, 0.05) is 17.2 Å². The van der Waals surface area contributed by atoms with Crippen LogP contribution in [0.5, 0.6) is 0 Å². The molecule has 0 saturated heterocycles. The first-order chi connectivity index (χ1) is 13.0. The maximum absolute atomic E-state index is 12.9. The Morgan fingerprint density at radius 1 is 1.33 bits per heavy atom. The highest BCUT2D eigenvalue weighted by atomic mass is 16.1. The summed E-state index contributed by atoms with van der Waals surface area (Å²) in [5.74, 6) is -0.125. The van der Waals surface area contributed by atoms with Crippen molar-refractivity contribution in [2.75, 3.05) is 0 Å². The Hall–Kier alpha value is -3.40. The molecule has 0 unspecified atom stereocenters. The van der Waals surface area contributed by atoms with Crippen molar-refractivity contribution in [1.82, 2.24) is 19.9 Å². The molecule has 0 spiro atoms. The van der Waals surface area contributed by atoms with Crippen LogP contribution >= 0.6 is 0 Å². The number of rotatable bonds is 4. The van der Waals surface area contributed by atoms with E-state index in [0.717, 1.165) is 18.4 Å². The first-order valence-corrected chi connectivity index (χ1v) is 8.95. The summed E-state index contributed by atoms with van der Waals surface area (Å²) in [4.78, 5) is 28.3. The van der Waals surface area contributed by atoms with Crippen LogP contribution < -0.4 is 10.9 Å². The zero-order valence-corrected chi connectivity index (χ0v) is 15.1. The largest absolute Gasteiger partial charge is 0.349 e. The average Bonchev–Trinajstić information content (AvgIpc) is 3.37. The minimum absolute atomic E-state index is 0.0410. The highest BCUT2D eigenvalue weighted by molar-refractivity contribution is 5.95. The van der Waals surface area contributed by atoms with Crippen LogP contribution in [0, 0.1) is 11.3 Å². The summed E-state index contributed by atoms with van der Waals surface area (Å²) in [5, 5.41) is 16.3. The van der Waals surface area contributed by atoms with Gasteiger partial charge in [-0.3, -0.25) is 9.59 Å². The normalized spacial score (nSPS) is 13.7. The van der Waals surface area contributed by atoms with Crippen molar-refractivity contribution in [2.45, 2.75) is 38.6 Å². The number of hydrogen-bond acceptors (Lipinski definition) is 4. The van der Waals surface area contributed by atoms with Crippen molar-refractivity contribution in [2.24, 2.45) is 0 Å². The molecule has 0 aliphatic heterocycles. The van der Waals surface area contributed by atoms with Crippen LogP contribution in [-0.4, -0.2) is 26.5 Å². The van der Waals surface area contributed by atoms with Crippen LogP contribution in [0.2, 0.25) is 0 Å². The van der Waals surface area contributed by atoms with E-state index < -0.39 is 0 Å². The summed E-state index contributed by atoms with van der Waals surface area (Å²) in [5.41, 5.74) is 3.04. The second kappa shape index (κ2) is 6.40. The van der Waals surface area contributed by atoms with Crippen LogP contribution in [0.15, 0.2) is 35.3 Å². The lowest BCUT2D eigenvalue weighted by molar-refractivity contribution is 0.0951. The molecule has 0 atom stereocenters. The van der Waals surface area contributed by atoms with Crippen LogP contribution in [-0.2, 0) is 0 Å². The number of carbonyl (C=O) groups is 1. The number of fused-ring (bicyclic) bond motifs is 1. The van der Waals surface area contributed by atoms with Gasteiger partial charge in [-0.15, -0.1) is 0 Å². The Balaban J connectivity index is 1.82. The van der Waals surface area contributed by atoms with Gasteiger partial charge in [-0.25, -0.2) is 0 Å². The standard InChI is InChI=1S/C20H19N5O2/c1-11(2)16-17(24-18-14(9-21)10-22-25(18)20(16)27)12-3-5-13(6-4-12)19(26)23-15-7-8-15/h3-6,10-11,15,24H,7-8H2,1-2H3,(H,23,26). The van der Waals surface area contributed by atoms with E-state index in [4.69, 9.17) is 0 Å². The topological polar surface area (TPSA) is 103 Å². The molecule has 7 nitrogen and oxygen atoms in total. The molecule has 1 amide bonds. The third-order valence-electron chi connectivity index (χ3n) is 4.75. The van der Waals surface area contributed by atoms with Crippen molar-refractivity contribution < 1.29 is 4.79 Å². The lowest BCUT2D eigenvalue weighted by Gasteiger charge is -2.13. The van der Waals surface area contributed by atoms with Crippen LogP contribution in [0.4, 0.5) is 0 Å². The number of hydrogen-bond donors (Lipinski definition) is 2. The predicted octanol–water partition coefficient (Wildman–Crippen LogP) is 2.58. The SMILES string of the molecule is CC(C)c1c(-c2ccc(C(=O)NC3CC3)cc2)[nH]c2c(C#N)cnn2c1=O. The highest BCUT2D eigenvalue weighted by Crippen LogP contribution is 2.27. The Morgan fingerprint density at radius 3 is 2.63 bits per heavy atom. The number of benzene rings is 1. The number of aromatic amines is 1. The number of nitrogens with one attached hydrogen (secondary N) is 2. The fourth-order valence-electron chi connectivity index (χ4n) is 3.16. The molecule has 3 aromatic rings. The molecule has 2 N–H and O–H groups in total. The third-order valence-corrected chi connectivity index (χ3v) is 4.75. The Labute approximate surface area is 155 Å². The van der Waals surface area contributed by atoms with Gasteiger partial charge in [-0.2, -0.15) is 14.9 Å². The third kappa shape index (κ3) is 2.99. The van der Waals surface area contributed by atoms with Crippen molar-refractivity contribution in [3.05, 3.63) is 57.5 Å². The minimum Gasteiger partial charge on any atom is -0.349 e. The molecule has 1 aliphatic rings. The molecule has 1 aliphatic carbocycles. The molecule has 0 bridgehead atoms. The maximum atomic E-state index is 12.9. The van der Waals surface area contributed by atoms with Crippen LogP contribution in [0.1, 0.15) is 54.1 Å². The number of amides is 1. The van der Waals surface area contributed by atoms with Crippen molar-refractivity contribution in [1.29, 1.82) is 5.26 Å².